The number of piperidine rings is 1. The van der Waals surface area contributed by atoms with Crippen molar-refractivity contribution >= 4 is 0 Å². The Morgan fingerprint density at radius 1 is 0.923 bits per heavy atom. The average Bonchev–Trinajstić information content (AvgIpc) is 2.74. The number of nitrogens with zero attached hydrogens (tertiary/aromatic N) is 1. The first-order valence-corrected chi connectivity index (χ1v) is 5.86. The minimum Gasteiger partial charge on any atom is -0.317 e. The molecule has 0 amide bonds. The molecular formula is C11H24N2. The maximum Gasteiger partial charge on any atom is -0.00184 e. The average molecular weight is 184 g/mol. The molecule has 2 fully saturated rings. The first kappa shape index (κ1) is 11.0. The van der Waals surface area contributed by atoms with Crippen LogP contribution >= 0.6 is 0 Å². The van der Waals surface area contributed by atoms with Gasteiger partial charge in [-0.3, -0.25) is 0 Å². The fraction of sp³-hybridized carbons (Fsp3) is 1.00. The van der Waals surface area contributed by atoms with Crippen LogP contribution in [0.1, 0.15) is 39.0 Å². The van der Waals surface area contributed by atoms with E-state index in [1.54, 1.807) is 0 Å². The molecule has 13 heavy (non-hydrogen) atoms. The van der Waals surface area contributed by atoms with Crippen LogP contribution in [0.5, 0.6) is 0 Å². The summed E-state index contributed by atoms with van der Waals surface area (Å²) in [5.41, 5.74) is 0. The zero-order valence-corrected chi connectivity index (χ0v) is 9.02. The fourth-order valence-corrected chi connectivity index (χ4v) is 1.90. The monoisotopic (exact) mass is 184 g/mol. The van der Waals surface area contributed by atoms with Gasteiger partial charge in [-0.25, -0.2) is 0 Å². The van der Waals surface area contributed by atoms with Gasteiger partial charge in [-0.05, 0) is 58.4 Å². The maximum atomic E-state index is 3.28. The molecular weight excluding hydrogens is 160 g/mol. The summed E-state index contributed by atoms with van der Waals surface area (Å²) in [7, 11) is 0. The summed E-state index contributed by atoms with van der Waals surface area (Å²) in [4.78, 5) is 2.49. The minimum absolute atomic E-state index is 1.25. The summed E-state index contributed by atoms with van der Waals surface area (Å²) in [5, 5.41) is 3.28. The predicted molar refractivity (Wildman–Crippen MR) is 58.1 cm³/mol. The van der Waals surface area contributed by atoms with Crippen LogP contribution in [0.3, 0.4) is 0 Å². The number of likely N-dealkylation sites (tertiary alicyclic amines) is 1. The van der Waals surface area contributed by atoms with E-state index in [2.05, 4.69) is 17.1 Å². The molecule has 0 atom stereocenters. The zero-order valence-electron chi connectivity index (χ0n) is 9.02. The maximum absolute atomic E-state index is 3.28. The van der Waals surface area contributed by atoms with Crippen molar-refractivity contribution in [3.8, 4) is 0 Å². The van der Waals surface area contributed by atoms with Crippen LogP contribution in [0.25, 0.3) is 0 Å². The summed E-state index contributed by atoms with van der Waals surface area (Å²) < 4.78 is 0. The number of hydrogen-bond acceptors (Lipinski definition) is 2. The molecule has 2 aliphatic heterocycles. The highest BCUT2D eigenvalue weighted by Gasteiger charge is 2.06. The molecule has 2 aliphatic rings. The van der Waals surface area contributed by atoms with Gasteiger partial charge in [0.05, 0.1) is 0 Å². The van der Waals surface area contributed by atoms with E-state index in [1.807, 2.05) is 0 Å². The predicted octanol–water partition coefficient (Wildman–Crippen LogP) is 1.86. The first-order chi connectivity index (χ1) is 6.43. The molecule has 2 heteroatoms. The van der Waals surface area contributed by atoms with Gasteiger partial charge in [0.2, 0.25) is 0 Å². The highest BCUT2D eigenvalue weighted by molar-refractivity contribution is 4.62. The fourth-order valence-electron chi connectivity index (χ4n) is 1.90. The molecule has 0 radical (unpaired) electrons. The van der Waals surface area contributed by atoms with Crippen LogP contribution < -0.4 is 5.32 Å². The Hall–Kier alpha value is -0.0800. The lowest BCUT2D eigenvalue weighted by molar-refractivity contribution is 0.359. The summed E-state index contributed by atoms with van der Waals surface area (Å²) in [6, 6.07) is 0. The Balaban J connectivity index is 0.000000132. The molecule has 0 bridgehead atoms. The van der Waals surface area contributed by atoms with Gasteiger partial charge in [-0.2, -0.15) is 0 Å². The molecule has 2 nitrogen and oxygen atoms in total. The Labute approximate surface area is 82.7 Å². The normalized spacial score (nSPS) is 23.8. The number of nitrogens with one attached hydrogen (secondary N) is 1. The van der Waals surface area contributed by atoms with E-state index in [9.17, 15) is 0 Å². The van der Waals surface area contributed by atoms with Crippen molar-refractivity contribution < 1.29 is 0 Å². The zero-order chi connectivity index (χ0) is 9.36. The molecule has 2 saturated heterocycles. The van der Waals surface area contributed by atoms with Crippen molar-refractivity contribution in [1.29, 1.82) is 0 Å². The van der Waals surface area contributed by atoms with Crippen LogP contribution in [0, 0.1) is 0 Å². The Morgan fingerprint density at radius 2 is 1.54 bits per heavy atom. The van der Waals surface area contributed by atoms with E-state index < -0.39 is 0 Å². The molecule has 0 aromatic heterocycles. The first-order valence-electron chi connectivity index (χ1n) is 5.86. The van der Waals surface area contributed by atoms with Crippen molar-refractivity contribution in [3.63, 3.8) is 0 Å². The lowest BCUT2D eigenvalue weighted by atomic mass is 10.2. The second kappa shape index (κ2) is 7.34. The van der Waals surface area contributed by atoms with E-state index in [1.165, 1.54) is 64.8 Å². The second-order valence-electron chi connectivity index (χ2n) is 3.95. The third-order valence-electron chi connectivity index (χ3n) is 2.85. The van der Waals surface area contributed by atoms with Gasteiger partial charge in [0.1, 0.15) is 0 Å². The van der Waals surface area contributed by atoms with Crippen molar-refractivity contribution in [2.45, 2.75) is 39.0 Å². The quantitative estimate of drug-likeness (QED) is 0.669. The second-order valence-corrected chi connectivity index (χ2v) is 3.95. The Bertz CT molecular complexity index is 93.1. The Kier molecular flexibility index (Phi) is 6.21. The molecule has 78 valence electrons. The topological polar surface area (TPSA) is 15.3 Å². The van der Waals surface area contributed by atoms with Crippen LogP contribution in [0.2, 0.25) is 0 Å². The van der Waals surface area contributed by atoms with Crippen LogP contribution in [-0.2, 0) is 0 Å². The molecule has 0 aromatic rings. The highest BCUT2D eigenvalue weighted by Crippen LogP contribution is 2.04. The lowest BCUT2D eigenvalue weighted by Gasteiger charge is -2.08. The van der Waals surface area contributed by atoms with Crippen molar-refractivity contribution in [2.75, 3.05) is 32.7 Å². The highest BCUT2D eigenvalue weighted by atomic mass is 15.1. The molecule has 0 aromatic carbocycles. The van der Waals surface area contributed by atoms with Crippen molar-refractivity contribution in [1.82, 2.24) is 10.2 Å². The van der Waals surface area contributed by atoms with Gasteiger partial charge in [0, 0.05) is 0 Å². The Morgan fingerprint density at radius 3 is 1.77 bits per heavy atom. The molecule has 0 unspecified atom stereocenters. The smallest absolute Gasteiger partial charge is 0.00184 e. The van der Waals surface area contributed by atoms with Crippen molar-refractivity contribution in [3.05, 3.63) is 0 Å². The van der Waals surface area contributed by atoms with Crippen molar-refractivity contribution in [2.24, 2.45) is 0 Å². The number of rotatable bonds is 1. The van der Waals surface area contributed by atoms with Crippen LogP contribution in [0.4, 0.5) is 0 Å². The van der Waals surface area contributed by atoms with Crippen LogP contribution in [0.15, 0.2) is 0 Å². The van der Waals surface area contributed by atoms with Gasteiger partial charge in [-0.15, -0.1) is 0 Å². The molecule has 1 N–H and O–H groups in total. The van der Waals surface area contributed by atoms with Gasteiger partial charge >= 0.3 is 0 Å². The number of hydrogen-bond donors (Lipinski definition) is 1. The van der Waals surface area contributed by atoms with E-state index in [4.69, 9.17) is 0 Å². The van der Waals surface area contributed by atoms with Gasteiger partial charge in [0.25, 0.3) is 0 Å². The summed E-state index contributed by atoms with van der Waals surface area (Å²) in [6.07, 6.45) is 7.06. The largest absolute Gasteiger partial charge is 0.317 e. The molecule has 0 aliphatic carbocycles. The summed E-state index contributed by atoms with van der Waals surface area (Å²) >= 11 is 0. The lowest BCUT2D eigenvalue weighted by Crippen LogP contribution is -2.21. The molecule has 2 rings (SSSR count). The standard InChI is InChI=1S/C6H13N.C5H11N/c1-2-7-5-3-4-6-7;1-2-4-6-5-3-1/h2-6H2,1H3;6H,1-5H2. The third kappa shape index (κ3) is 5.27. The van der Waals surface area contributed by atoms with E-state index >= 15 is 0 Å². The molecule has 0 saturated carbocycles. The van der Waals surface area contributed by atoms with Gasteiger partial charge < -0.3 is 10.2 Å². The van der Waals surface area contributed by atoms with Gasteiger partial charge in [-0.1, -0.05) is 13.3 Å². The van der Waals surface area contributed by atoms with Gasteiger partial charge in [0.15, 0.2) is 0 Å². The van der Waals surface area contributed by atoms with E-state index in [0.717, 1.165) is 0 Å². The van der Waals surface area contributed by atoms with E-state index in [0.29, 0.717) is 0 Å². The molecule has 2 heterocycles. The van der Waals surface area contributed by atoms with E-state index in [-0.39, 0.29) is 0 Å². The summed E-state index contributed by atoms with van der Waals surface area (Å²) in [5.74, 6) is 0. The SMILES string of the molecule is C1CCNCC1.CCN1CCCC1. The summed E-state index contributed by atoms with van der Waals surface area (Å²) in [6.45, 7) is 8.66. The minimum atomic E-state index is 1.25. The van der Waals surface area contributed by atoms with Crippen LogP contribution in [-0.4, -0.2) is 37.6 Å². The molecule has 0 spiro atoms. The third-order valence-corrected chi connectivity index (χ3v) is 2.85.